The zero-order chi connectivity index (χ0) is 15.0. The second-order valence-corrected chi connectivity index (χ2v) is 6.29. The average molecular weight is 351 g/mol. The molecule has 1 aliphatic rings. The number of thiazole rings is 1. The van der Waals surface area contributed by atoms with Crippen molar-refractivity contribution in [2.24, 2.45) is 5.73 Å². The highest BCUT2D eigenvalue weighted by atomic mass is 35.5. The molecular formula is C14H15ClN6OS. The van der Waals surface area contributed by atoms with Crippen molar-refractivity contribution < 1.29 is 4.52 Å². The smallest absolute Gasteiger partial charge is 0.232 e. The van der Waals surface area contributed by atoms with Gasteiger partial charge in [-0.3, -0.25) is 9.97 Å². The quantitative estimate of drug-likeness (QED) is 0.770. The van der Waals surface area contributed by atoms with Gasteiger partial charge in [-0.05, 0) is 19.3 Å². The van der Waals surface area contributed by atoms with E-state index in [1.165, 1.54) is 11.3 Å². The summed E-state index contributed by atoms with van der Waals surface area (Å²) in [5.74, 6) is 1.15. The topological polar surface area (TPSA) is 104 Å². The molecule has 9 heteroatoms. The molecule has 0 unspecified atom stereocenters. The van der Waals surface area contributed by atoms with E-state index in [1.54, 1.807) is 18.6 Å². The zero-order valence-electron chi connectivity index (χ0n) is 12.2. The minimum Gasteiger partial charge on any atom is -0.339 e. The van der Waals surface area contributed by atoms with Crippen molar-refractivity contribution in [3.05, 3.63) is 41.4 Å². The van der Waals surface area contributed by atoms with Gasteiger partial charge in [0.25, 0.3) is 0 Å². The molecule has 0 atom stereocenters. The monoisotopic (exact) mass is 350 g/mol. The van der Waals surface area contributed by atoms with Gasteiger partial charge in [-0.25, -0.2) is 4.98 Å². The van der Waals surface area contributed by atoms with E-state index < -0.39 is 5.54 Å². The predicted octanol–water partition coefficient (Wildman–Crippen LogP) is 2.33. The predicted molar refractivity (Wildman–Crippen MR) is 87.2 cm³/mol. The number of hydrogen-bond acceptors (Lipinski definition) is 8. The summed E-state index contributed by atoms with van der Waals surface area (Å²) in [5, 5.41) is 6.81. The largest absolute Gasteiger partial charge is 0.339 e. The summed E-state index contributed by atoms with van der Waals surface area (Å²) < 4.78 is 5.30. The maximum absolute atomic E-state index is 6.20. The fraction of sp³-hybridized carbons (Fsp3) is 0.357. The SMILES string of the molecule is Cl.NC1(c2noc(Cc3csc(-c4cnccn4)n3)n2)CCC1. The van der Waals surface area contributed by atoms with Crippen molar-refractivity contribution in [2.75, 3.05) is 0 Å². The van der Waals surface area contributed by atoms with Crippen LogP contribution in [0.1, 0.15) is 36.7 Å². The number of aromatic nitrogens is 5. The summed E-state index contributed by atoms with van der Waals surface area (Å²) in [4.78, 5) is 17.2. The molecule has 23 heavy (non-hydrogen) atoms. The lowest BCUT2D eigenvalue weighted by atomic mass is 9.77. The lowest BCUT2D eigenvalue weighted by molar-refractivity contribution is 0.229. The van der Waals surface area contributed by atoms with Crippen LogP contribution in [0.15, 0.2) is 28.5 Å². The molecule has 3 heterocycles. The molecule has 1 aliphatic carbocycles. The van der Waals surface area contributed by atoms with E-state index in [0.29, 0.717) is 18.1 Å². The standard InChI is InChI=1S/C14H14N6OS.ClH/c15-14(2-1-3-14)13-19-11(21-20-13)6-9-8-22-12(18-9)10-7-16-4-5-17-10;/h4-5,7-8H,1-3,6,15H2;1H. The third-order valence-corrected chi connectivity index (χ3v) is 4.74. The summed E-state index contributed by atoms with van der Waals surface area (Å²) in [6.07, 6.45) is 8.44. The summed E-state index contributed by atoms with van der Waals surface area (Å²) in [5.41, 5.74) is 7.44. The van der Waals surface area contributed by atoms with Gasteiger partial charge in [0.05, 0.1) is 23.9 Å². The third kappa shape index (κ3) is 3.10. The fourth-order valence-electron chi connectivity index (χ4n) is 2.38. The molecule has 1 fully saturated rings. The van der Waals surface area contributed by atoms with Gasteiger partial charge in [0.2, 0.25) is 5.89 Å². The van der Waals surface area contributed by atoms with Crippen molar-refractivity contribution in [1.82, 2.24) is 25.1 Å². The van der Waals surface area contributed by atoms with Crippen LogP contribution in [0.4, 0.5) is 0 Å². The highest BCUT2D eigenvalue weighted by Crippen LogP contribution is 2.37. The van der Waals surface area contributed by atoms with Crippen LogP contribution in [0.3, 0.4) is 0 Å². The Morgan fingerprint density at radius 2 is 2.13 bits per heavy atom. The molecule has 0 amide bonds. The van der Waals surface area contributed by atoms with E-state index >= 15 is 0 Å². The average Bonchev–Trinajstić information content (AvgIpc) is 3.16. The first-order valence-electron chi connectivity index (χ1n) is 7.06. The number of rotatable bonds is 4. The van der Waals surface area contributed by atoms with Crippen LogP contribution in [-0.4, -0.2) is 25.1 Å². The molecular weight excluding hydrogens is 336 g/mol. The molecule has 1 saturated carbocycles. The maximum atomic E-state index is 6.20. The number of hydrogen-bond donors (Lipinski definition) is 1. The summed E-state index contributed by atoms with van der Waals surface area (Å²) in [6, 6.07) is 0. The van der Waals surface area contributed by atoms with Crippen LogP contribution in [-0.2, 0) is 12.0 Å². The van der Waals surface area contributed by atoms with Crippen LogP contribution >= 0.6 is 23.7 Å². The van der Waals surface area contributed by atoms with Crippen molar-refractivity contribution >= 4 is 23.7 Å². The molecule has 3 aromatic heterocycles. The van der Waals surface area contributed by atoms with Gasteiger partial charge in [0, 0.05) is 17.8 Å². The molecule has 3 aromatic rings. The molecule has 0 bridgehead atoms. The Labute approximate surface area is 142 Å². The van der Waals surface area contributed by atoms with E-state index in [2.05, 4.69) is 25.1 Å². The lowest BCUT2D eigenvalue weighted by Crippen LogP contribution is -2.44. The van der Waals surface area contributed by atoms with E-state index in [0.717, 1.165) is 35.7 Å². The Balaban J connectivity index is 0.00000156. The van der Waals surface area contributed by atoms with Gasteiger partial charge in [0.1, 0.15) is 10.7 Å². The van der Waals surface area contributed by atoms with Gasteiger partial charge in [0.15, 0.2) is 5.82 Å². The Kier molecular flexibility index (Phi) is 4.38. The van der Waals surface area contributed by atoms with Crippen molar-refractivity contribution in [1.29, 1.82) is 0 Å². The summed E-state index contributed by atoms with van der Waals surface area (Å²) >= 11 is 1.52. The van der Waals surface area contributed by atoms with Gasteiger partial charge in [-0.15, -0.1) is 23.7 Å². The number of nitrogens with two attached hydrogens (primary N) is 1. The molecule has 0 aromatic carbocycles. The summed E-state index contributed by atoms with van der Waals surface area (Å²) in [7, 11) is 0. The first kappa shape index (κ1) is 16.0. The minimum atomic E-state index is -0.394. The molecule has 0 aliphatic heterocycles. The van der Waals surface area contributed by atoms with Gasteiger partial charge < -0.3 is 10.3 Å². The zero-order valence-corrected chi connectivity index (χ0v) is 13.8. The first-order valence-corrected chi connectivity index (χ1v) is 7.94. The van der Waals surface area contributed by atoms with Crippen LogP contribution in [0, 0.1) is 0 Å². The van der Waals surface area contributed by atoms with Crippen LogP contribution < -0.4 is 5.73 Å². The van der Waals surface area contributed by atoms with Gasteiger partial charge in [-0.2, -0.15) is 4.98 Å². The van der Waals surface area contributed by atoms with Crippen molar-refractivity contribution in [2.45, 2.75) is 31.2 Å². The molecule has 0 radical (unpaired) electrons. The molecule has 0 spiro atoms. The van der Waals surface area contributed by atoms with E-state index in [9.17, 15) is 0 Å². The molecule has 2 N–H and O–H groups in total. The highest BCUT2D eigenvalue weighted by Gasteiger charge is 2.38. The molecule has 120 valence electrons. The Morgan fingerprint density at radius 1 is 1.26 bits per heavy atom. The van der Waals surface area contributed by atoms with Gasteiger partial charge >= 0.3 is 0 Å². The Hall–Kier alpha value is -1.90. The minimum absolute atomic E-state index is 0. The Bertz CT molecular complexity index is 785. The van der Waals surface area contributed by atoms with Crippen LogP contribution in [0.2, 0.25) is 0 Å². The highest BCUT2D eigenvalue weighted by molar-refractivity contribution is 7.13. The van der Waals surface area contributed by atoms with Crippen molar-refractivity contribution in [3.8, 4) is 10.7 Å². The lowest BCUT2D eigenvalue weighted by Gasteiger charge is -2.34. The third-order valence-electron chi connectivity index (χ3n) is 3.83. The van der Waals surface area contributed by atoms with E-state index in [-0.39, 0.29) is 12.4 Å². The maximum Gasteiger partial charge on any atom is 0.232 e. The van der Waals surface area contributed by atoms with Crippen LogP contribution in [0.5, 0.6) is 0 Å². The normalized spacial score (nSPS) is 15.7. The molecule has 7 nitrogen and oxygen atoms in total. The van der Waals surface area contributed by atoms with Crippen molar-refractivity contribution in [3.63, 3.8) is 0 Å². The first-order chi connectivity index (χ1) is 10.7. The number of halogens is 1. The van der Waals surface area contributed by atoms with E-state index in [4.69, 9.17) is 10.3 Å². The van der Waals surface area contributed by atoms with Crippen LogP contribution in [0.25, 0.3) is 10.7 Å². The Morgan fingerprint density at radius 3 is 2.83 bits per heavy atom. The second kappa shape index (κ2) is 6.31. The summed E-state index contributed by atoms with van der Waals surface area (Å²) in [6.45, 7) is 0. The van der Waals surface area contributed by atoms with Gasteiger partial charge in [-0.1, -0.05) is 5.16 Å². The molecule has 4 rings (SSSR count). The fourth-order valence-corrected chi connectivity index (χ4v) is 3.16. The van der Waals surface area contributed by atoms with E-state index in [1.807, 2.05) is 5.38 Å². The number of nitrogens with zero attached hydrogens (tertiary/aromatic N) is 5. The second-order valence-electron chi connectivity index (χ2n) is 5.43. The molecule has 0 saturated heterocycles.